The molecule has 1 aromatic carbocycles. The van der Waals surface area contributed by atoms with Crippen LogP contribution in [0.5, 0.6) is 5.75 Å². The van der Waals surface area contributed by atoms with E-state index >= 15 is 0 Å². The summed E-state index contributed by atoms with van der Waals surface area (Å²) in [5, 5.41) is 3.58. The van der Waals surface area contributed by atoms with Gasteiger partial charge in [-0.1, -0.05) is 11.6 Å². The number of halogens is 2. The first-order valence-electron chi connectivity index (χ1n) is 8.95. The van der Waals surface area contributed by atoms with Gasteiger partial charge in [0.1, 0.15) is 11.4 Å². The van der Waals surface area contributed by atoms with Crippen molar-refractivity contribution in [3.63, 3.8) is 0 Å². The van der Waals surface area contributed by atoms with Crippen LogP contribution in [-0.4, -0.2) is 47.7 Å². The molecule has 0 saturated carbocycles. The van der Waals surface area contributed by atoms with Gasteiger partial charge in [0.15, 0.2) is 6.10 Å². The summed E-state index contributed by atoms with van der Waals surface area (Å²) in [5.74, 6) is 0.370. The third kappa shape index (κ3) is 6.88. The second kappa shape index (κ2) is 9.15. The van der Waals surface area contributed by atoms with Crippen molar-refractivity contribution < 1.29 is 19.1 Å². The number of amides is 2. The normalized spacial score (nSPS) is 16.6. The Labute approximate surface area is 173 Å². The van der Waals surface area contributed by atoms with Crippen molar-refractivity contribution in [2.24, 2.45) is 0 Å². The van der Waals surface area contributed by atoms with Crippen LogP contribution in [0.2, 0.25) is 5.02 Å². The molecular weight excluding hydrogens is 436 g/mol. The van der Waals surface area contributed by atoms with Crippen LogP contribution >= 0.6 is 27.5 Å². The number of carbonyl (C=O) groups excluding carboxylic acids is 2. The molecule has 27 heavy (non-hydrogen) atoms. The van der Waals surface area contributed by atoms with Crippen LogP contribution in [0.15, 0.2) is 22.7 Å². The number of hydrogen-bond acceptors (Lipinski definition) is 4. The van der Waals surface area contributed by atoms with Crippen molar-refractivity contribution in [1.82, 2.24) is 10.2 Å². The van der Waals surface area contributed by atoms with Gasteiger partial charge >= 0.3 is 6.09 Å². The zero-order valence-corrected chi connectivity index (χ0v) is 18.4. The van der Waals surface area contributed by atoms with Crippen LogP contribution < -0.4 is 10.1 Å². The predicted molar refractivity (Wildman–Crippen MR) is 108 cm³/mol. The van der Waals surface area contributed by atoms with E-state index in [2.05, 4.69) is 21.2 Å². The zero-order valence-electron chi connectivity index (χ0n) is 16.1. The average Bonchev–Trinajstić information content (AvgIpc) is 2.56. The van der Waals surface area contributed by atoms with E-state index in [1.54, 1.807) is 30.0 Å². The largest absolute Gasteiger partial charge is 0.480 e. The second-order valence-electron chi connectivity index (χ2n) is 7.59. The molecule has 1 aliphatic heterocycles. The Kier molecular flexibility index (Phi) is 7.40. The summed E-state index contributed by atoms with van der Waals surface area (Å²) in [7, 11) is 0. The van der Waals surface area contributed by atoms with Crippen LogP contribution in [-0.2, 0) is 9.53 Å². The summed E-state index contributed by atoms with van der Waals surface area (Å²) in [6.45, 7) is 8.34. The standard InChI is InChI=1S/C19H26BrClN2O4/c1-12(26-16-6-5-13(21)11-15(16)20)17(24)22-14-7-9-23(10-8-14)18(25)27-19(2,3)4/h5-6,11-12,14H,7-10H2,1-4H3,(H,22,24). The minimum absolute atomic E-state index is 0.0101. The van der Waals surface area contributed by atoms with Gasteiger partial charge in [0.25, 0.3) is 5.91 Å². The summed E-state index contributed by atoms with van der Waals surface area (Å²) in [6.07, 6.45) is 0.410. The van der Waals surface area contributed by atoms with Crippen molar-refractivity contribution in [3.05, 3.63) is 27.7 Å². The van der Waals surface area contributed by atoms with Crippen LogP contribution in [0.1, 0.15) is 40.5 Å². The molecule has 0 aromatic heterocycles. The van der Waals surface area contributed by atoms with Crippen molar-refractivity contribution in [1.29, 1.82) is 0 Å². The first-order valence-corrected chi connectivity index (χ1v) is 10.1. The molecule has 1 N–H and O–H groups in total. The van der Waals surface area contributed by atoms with Crippen molar-refractivity contribution >= 4 is 39.5 Å². The molecule has 6 nitrogen and oxygen atoms in total. The summed E-state index contributed by atoms with van der Waals surface area (Å²) >= 11 is 9.29. The quantitative estimate of drug-likeness (QED) is 0.722. The molecule has 0 bridgehead atoms. The van der Waals surface area contributed by atoms with E-state index in [4.69, 9.17) is 21.1 Å². The van der Waals surface area contributed by atoms with Crippen molar-refractivity contribution in [2.75, 3.05) is 13.1 Å². The van der Waals surface area contributed by atoms with Gasteiger partial charge in [-0.3, -0.25) is 4.79 Å². The Hall–Kier alpha value is -1.47. The molecule has 1 heterocycles. The number of likely N-dealkylation sites (tertiary alicyclic amines) is 1. The lowest BCUT2D eigenvalue weighted by molar-refractivity contribution is -0.128. The van der Waals surface area contributed by atoms with E-state index < -0.39 is 11.7 Å². The first kappa shape index (κ1) is 21.8. The molecular formula is C19H26BrClN2O4. The maximum atomic E-state index is 12.4. The van der Waals surface area contributed by atoms with E-state index in [1.165, 1.54) is 0 Å². The molecule has 0 radical (unpaired) electrons. The monoisotopic (exact) mass is 460 g/mol. The third-order valence-corrected chi connectivity index (χ3v) is 4.91. The van der Waals surface area contributed by atoms with Gasteiger partial charge in [-0.05, 0) is 74.7 Å². The van der Waals surface area contributed by atoms with Gasteiger partial charge < -0.3 is 19.7 Å². The van der Waals surface area contributed by atoms with E-state index in [0.717, 1.165) is 0 Å². The summed E-state index contributed by atoms with van der Waals surface area (Å²) in [4.78, 5) is 26.2. The number of piperidine rings is 1. The van der Waals surface area contributed by atoms with E-state index in [-0.39, 0.29) is 18.0 Å². The van der Waals surface area contributed by atoms with Gasteiger partial charge in [-0.2, -0.15) is 0 Å². The fourth-order valence-corrected chi connectivity index (χ4v) is 3.44. The van der Waals surface area contributed by atoms with E-state index in [0.29, 0.717) is 41.2 Å². The molecule has 2 rings (SSSR count). The molecule has 2 amide bonds. The highest BCUT2D eigenvalue weighted by Crippen LogP contribution is 2.28. The summed E-state index contributed by atoms with van der Waals surface area (Å²) in [6, 6.07) is 5.15. The smallest absolute Gasteiger partial charge is 0.410 e. The first-order chi connectivity index (χ1) is 12.5. The van der Waals surface area contributed by atoms with E-state index in [1.807, 2.05) is 20.8 Å². The van der Waals surface area contributed by atoms with Crippen LogP contribution in [0.25, 0.3) is 0 Å². The minimum Gasteiger partial charge on any atom is -0.480 e. The summed E-state index contributed by atoms with van der Waals surface area (Å²) < 4.78 is 11.8. The fourth-order valence-electron chi connectivity index (χ4n) is 2.67. The molecule has 1 aromatic rings. The number of benzene rings is 1. The van der Waals surface area contributed by atoms with Gasteiger partial charge in [-0.15, -0.1) is 0 Å². The van der Waals surface area contributed by atoms with Gasteiger partial charge in [-0.25, -0.2) is 4.79 Å². The molecule has 1 aliphatic rings. The fraction of sp³-hybridized carbons (Fsp3) is 0.579. The van der Waals surface area contributed by atoms with Crippen LogP contribution in [0, 0.1) is 0 Å². The molecule has 1 atom stereocenters. The minimum atomic E-state index is -0.647. The highest BCUT2D eigenvalue weighted by atomic mass is 79.9. The Bertz CT molecular complexity index is 685. The Morgan fingerprint density at radius 1 is 1.30 bits per heavy atom. The molecule has 1 fully saturated rings. The maximum absolute atomic E-state index is 12.4. The maximum Gasteiger partial charge on any atom is 0.410 e. The lowest BCUT2D eigenvalue weighted by Crippen LogP contribution is -2.50. The third-order valence-electron chi connectivity index (χ3n) is 4.06. The number of nitrogens with zero attached hydrogens (tertiary/aromatic N) is 1. The number of nitrogens with one attached hydrogen (secondary N) is 1. The molecule has 1 saturated heterocycles. The topological polar surface area (TPSA) is 67.9 Å². The van der Waals surface area contributed by atoms with Crippen LogP contribution in [0.4, 0.5) is 4.79 Å². The highest BCUT2D eigenvalue weighted by molar-refractivity contribution is 9.10. The highest BCUT2D eigenvalue weighted by Gasteiger charge is 2.28. The lowest BCUT2D eigenvalue weighted by atomic mass is 10.1. The van der Waals surface area contributed by atoms with E-state index in [9.17, 15) is 9.59 Å². The van der Waals surface area contributed by atoms with Crippen LogP contribution in [0.3, 0.4) is 0 Å². The van der Waals surface area contributed by atoms with Gasteiger partial charge in [0, 0.05) is 24.2 Å². The molecule has 1 unspecified atom stereocenters. The Morgan fingerprint density at radius 3 is 2.48 bits per heavy atom. The number of ether oxygens (including phenoxy) is 2. The SMILES string of the molecule is CC(Oc1ccc(Cl)cc1Br)C(=O)NC1CCN(C(=O)OC(C)(C)C)CC1. The van der Waals surface area contributed by atoms with Crippen molar-refractivity contribution in [2.45, 2.75) is 58.3 Å². The van der Waals surface area contributed by atoms with Gasteiger partial charge in [0.2, 0.25) is 0 Å². The lowest BCUT2D eigenvalue weighted by Gasteiger charge is -2.34. The Morgan fingerprint density at radius 2 is 1.93 bits per heavy atom. The second-order valence-corrected chi connectivity index (χ2v) is 8.88. The molecule has 0 spiro atoms. The van der Waals surface area contributed by atoms with Gasteiger partial charge in [0.05, 0.1) is 4.47 Å². The summed E-state index contributed by atoms with van der Waals surface area (Å²) in [5.41, 5.74) is -0.509. The Balaban J connectivity index is 1.80. The number of rotatable bonds is 4. The van der Waals surface area contributed by atoms with Crippen molar-refractivity contribution in [3.8, 4) is 5.75 Å². The molecule has 8 heteroatoms. The number of hydrogen-bond donors (Lipinski definition) is 1. The number of carbonyl (C=O) groups is 2. The molecule has 0 aliphatic carbocycles. The molecule has 150 valence electrons. The zero-order chi connectivity index (χ0) is 20.2. The predicted octanol–water partition coefficient (Wildman–Crippen LogP) is 4.39. The average molecular weight is 462 g/mol.